The van der Waals surface area contributed by atoms with Gasteiger partial charge in [-0.1, -0.05) is 29.4 Å². The first-order valence-corrected chi connectivity index (χ1v) is 13.9. The van der Waals surface area contributed by atoms with Crippen molar-refractivity contribution in [3.8, 4) is 23.1 Å². The molecule has 3 aromatic heterocycles. The predicted molar refractivity (Wildman–Crippen MR) is 135 cm³/mol. The summed E-state index contributed by atoms with van der Waals surface area (Å²) in [6.07, 6.45) is 0.276. The highest BCUT2D eigenvalue weighted by molar-refractivity contribution is 7.91. The standard InChI is InChI=1S/C25H22F3N5O3S2/c1-24(2,14-34)32-38(35,36)22-13-29-21(37-22)10-7-17-12-30-33-20(16-3-4-16)11-19(31-23(17)33)15-5-8-18(9-6-15)25(26,27)28/h5-6,8-9,11-13,16,32,34H,3-4,14H2,1-2H3. The normalized spacial score (nSPS) is 14.5. The van der Waals surface area contributed by atoms with E-state index in [-0.39, 0.29) is 21.7 Å². The van der Waals surface area contributed by atoms with Crippen molar-refractivity contribution in [2.45, 2.75) is 48.5 Å². The molecule has 1 aliphatic rings. The Morgan fingerprint density at radius 2 is 1.87 bits per heavy atom. The maximum Gasteiger partial charge on any atom is 0.416 e. The molecule has 0 aliphatic heterocycles. The highest BCUT2D eigenvalue weighted by atomic mass is 32.2. The van der Waals surface area contributed by atoms with Crippen molar-refractivity contribution in [2.75, 3.05) is 6.61 Å². The average Bonchev–Trinajstić information content (AvgIpc) is 3.44. The minimum absolute atomic E-state index is 0.0399. The van der Waals surface area contributed by atoms with Crippen molar-refractivity contribution in [1.29, 1.82) is 0 Å². The number of sulfonamides is 1. The maximum absolute atomic E-state index is 13.0. The van der Waals surface area contributed by atoms with Crippen LogP contribution < -0.4 is 4.72 Å². The van der Waals surface area contributed by atoms with Crippen LogP contribution in [0.1, 0.15) is 54.4 Å². The van der Waals surface area contributed by atoms with E-state index in [4.69, 9.17) is 0 Å². The zero-order valence-electron chi connectivity index (χ0n) is 20.2. The second-order valence-corrected chi connectivity index (χ2v) is 12.5. The molecule has 8 nitrogen and oxygen atoms in total. The second-order valence-electron chi connectivity index (χ2n) is 9.59. The molecule has 0 unspecified atom stereocenters. The Morgan fingerprint density at radius 1 is 1.16 bits per heavy atom. The van der Waals surface area contributed by atoms with Gasteiger partial charge in [0.05, 0.1) is 41.4 Å². The molecule has 13 heteroatoms. The van der Waals surface area contributed by atoms with Crippen molar-refractivity contribution in [3.63, 3.8) is 0 Å². The van der Waals surface area contributed by atoms with Gasteiger partial charge in [-0.25, -0.2) is 27.6 Å². The maximum atomic E-state index is 13.0. The van der Waals surface area contributed by atoms with Gasteiger partial charge >= 0.3 is 6.18 Å². The molecule has 0 bridgehead atoms. The van der Waals surface area contributed by atoms with Crippen molar-refractivity contribution in [2.24, 2.45) is 0 Å². The van der Waals surface area contributed by atoms with Crippen LogP contribution in [0.2, 0.25) is 0 Å². The highest BCUT2D eigenvalue weighted by Gasteiger charge is 2.31. The van der Waals surface area contributed by atoms with Gasteiger partial charge in [0.2, 0.25) is 0 Å². The SMILES string of the molecule is CC(C)(CO)NS(=O)(=O)c1cnc(C#Cc2cnn3c(C4CC4)cc(-c4ccc(C(F)(F)F)cc4)nc23)s1. The number of aliphatic hydroxyl groups excluding tert-OH is 1. The van der Waals surface area contributed by atoms with E-state index in [1.165, 1.54) is 18.3 Å². The fourth-order valence-electron chi connectivity index (χ4n) is 3.73. The number of nitrogens with one attached hydrogen (secondary N) is 1. The Labute approximate surface area is 220 Å². The molecule has 0 amide bonds. The Balaban J connectivity index is 1.49. The summed E-state index contributed by atoms with van der Waals surface area (Å²) < 4.78 is 68.3. The summed E-state index contributed by atoms with van der Waals surface area (Å²) in [5.74, 6) is 6.08. The smallest absolute Gasteiger partial charge is 0.394 e. The Hall–Kier alpha value is -3.31. The molecule has 2 N–H and O–H groups in total. The zero-order valence-corrected chi connectivity index (χ0v) is 21.9. The molecule has 5 rings (SSSR count). The molecule has 0 atom stereocenters. The predicted octanol–water partition coefficient (Wildman–Crippen LogP) is 4.20. The van der Waals surface area contributed by atoms with E-state index in [0.717, 1.165) is 42.0 Å². The van der Waals surface area contributed by atoms with Gasteiger partial charge < -0.3 is 5.11 Å². The lowest BCUT2D eigenvalue weighted by Gasteiger charge is -2.22. The summed E-state index contributed by atoms with van der Waals surface area (Å²) in [6.45, 7) is 2.73. The number of nitrogens with zero attached hydrogens (tertiary/aromatic N) is 4. The van der Waals surface area contributed by atoms with Gasteiger partial charge in [-0.15, -0.1) is 0 Å². The molecule has 0 spiro atoms. The quantitative estimate of drug-likeness (QED) is 0.342. The minimum atomic E-state index is -4.43. The third-order valence-corrected chi connectivity index (χ3v) is 8.93. The van der Waals surface area contributed by atoms with Gasteiger partial charge in [0.25, 0.3) is 10.0 Å². The van der Waals surface area contributed by atoms with Gasteiger partial charge in [-0.3, -0.25) is 0 Å². The number of alkyl halides is 3. The van der Waals surface area contributed by atoms with Crippen LogP contribution >= 0.6 is 11.3 Å². The molecule has 0 saturated heterocycles. The molecular weight excluding hydrogens is 539 g/mol. The molecule has 1 aromatic carbocycles. The van der Waals surface area contributed by atoms with E-state index in [2.05, 4.69) is 31.6 Å². The Morgan fingerprint density at radius 3 is 2.50 bits per heavy atom. The van der Waals surface area contributed by atoms with E-state index < -0.39 is 27.3 Å². The molecule has 1 saturated carbocycles. The lowest BCUT2D eigenvalue weighted by molar-refractivity contribution is -0.137. The van der Waals surface area contributed by atoms with Crippen LogP contribution in [0, 0.1) is 11.8 Å². The van der Waals surface area contributed by atoms with E-state index in [0.29, 0.717) is 22.5 Å². The summed E-state index contributed by atoms with van der Waals surface area (Å²) in [5.41, 5.74) is 1.10. The number of aromatic nitrogens is 4. The van der Waals surface area contributed by atoms with Crippen LogP contribution in [0.3, 0.4) is 0 Å². The first kappa shape index (κ1) is 26.3. The average molecular weight is 562 g/mol. The van der Waals surface area contributed by atoms with Crippen molar-refractivity contribution in [1.82, 2.24) is 24.3 Å². The van der Waals surface area contributed by atoms with Crippen LogP contribution in [0.15, 0.2) is 46.9 Å². The van der Waals surface area contributed by atoms with Gasteiger partial charge in [-0.05, 0) is 50.8 Å². The third kappa shape index (κ3) is 5.44. The van der Waals surface area contributed by atoms with Gasteiger partial charge in [0.1, 0.15) is 0 Å². The summed E-state index contributed by atoms with van der Waals surface area (Å²) in [6, 6.07) is 6.68. The van der Waals surface area contributed by atoms with Crippen LogP contribution in [0.5, 0.6) is 0 Å². The van der Waals surface area contributed by atoms with Crippen LogP contribution in [0.4, 0.5) is 13.2 Å². The van der Waals surface area contributed by atoms with E-state index in [1.54, 1.807) is 24.6 Å². The van der Waals surface area contributed by atoms with Crippen LogP contribution in [0.25, 0.3) is 16.9 Å². The van der Waals surface area contributed by atoms with Crippen LogP contribution in [-0.2, 0) is 16.2 Å². The third-order valence-electron chi connectivity index (χ3n) is 5.86. The number of benzene rings is 1. The Bertz CT molecular complexity index is 1680. The highest BCUT2D eigenvalue weighted by Crippen LogP contribution is 2.41. The molecule has 1 fully saturated rings. The minimum Gasteiger partial charge on any atom is -0.394 e. The number of hydrogen-bond donors (Lipinski definition) is 2. The van der Waals surface area contributed by atoms with Gasteiger partial charge in [0.15, 0.2) is 14.9 Å². The summed E-state index contributed by atoms with van der Waals surface area (Å²) in [7, 11) is -3.89. The number of rotatable bonds is 6. The second kappa shape index (κ2) is 9.46. The van der Waals surface area contributed by atoms with Crippen LogP contribution in [-0.4, -0.2) is 45.3 Å². The number of fused-ring (bicyclic) bond motifs is 1. The van der Waals surface area contributed by atoms with Crippen molar-refractivity contribution in [3.05, 3.63) is 64.6 Å². The molecule has 38 heavy (non-hydrogen) atoms. The molecule has 3 heterocycles. The van der Waals surface area contributed by atoms with Crippen molar-refractivity contribution < 1.29 is 26.7 Å². The fraction of sp³-hybridized carbons (Fsp3) is 0.320. The first-order valence-electron chi connectivity index (χ1n) is 11.6. The topological polar surface area (TPSA) is 109 Å². The number of halogens is 3. The fourth-order valence-corrected chi connectivity index (χ4v) is 6.12. The summed E-state index contributed by atoms with van der Waals surface area (Å²) >= 11 is 0.883. The molecule has 1 aliphatic carbocycles. The summed E-state index contributed by atoms with van der Waals surface area (Å²) in [4.78, 5) is 8.74. The largest absolute Gasteiger partial charge is 0.416 e. The molecule has 198 valence electrons. The molecule has 4 aromatic rings. The van der Waals surface area contributed by atoms with E-state index in [1.807, 2.05) is 6.07 Å². The number of aliphatic hydroxyl groups is 1. The van der Waals surface area contributed by atoms with Gasteiger partial charge in [0, 0.05) is 17.2 Å². The first-order chi connectivity index (χ1) is 17.9. The zero-order chi connectivity index (χ0) is 27.3. The lowest BCUT2D eigenvalue weighted by Crippen LogP contribution is -2.45. The number of hydrogen-bond acceptors (Lipinski definition) is 7. The molecule has 0 radical (unpaired) electrons. The van der Waals surface area contributed by atoms with E-state index >= 15 is 0 Å². The molecular formula is C25H22F3N5O3S2. The van der Waals surface area contributed by atoms with E-state index in [9.17, 15) is 26.7 Å². The number of thiazole rings is 1. The lowest BCUT2D eigenvalue weighted by atomic mass is 10.1. The summed E-state index contributed by atoms with van der Waals surface area (Å²) in [5, 5.41) is 14.0. The monoisotopic (exact) mass is 561 g/mol. The van der Waals surface area contributed by atoms with Crippen molar-refractivity contribution >= 4 is 27.0 Å². The van der Waals surface area contributed by atoms with Gasteiger partial charge in [-0.2, -0.15) is 18.3 Å². The Kier molecular flexibility index (Phi) is 6.55.